The molecule has 0 saturated carbocycles. The van der Waals surface area contributed by atoms with Gasteiger partial charge >= 0.3 is 0 Å². The highest BCUT2D eigenvalue weighted by Gasteiger charge is 2.03. The monoisotopic (exact) mass is 263 g/mol. The molecule has 1 amide bonds. The van der Waals surface area contributed by atoms with E-state index in [0.29, 0.717) is 19.6 Å². The Morgan fingerprint density at radius 2 is 2.12 bits per heavy atom. The van der Waals surface area contributed by atoms with Crippen molar-refractivity contribution in [3.05, 3.63) is 29.8 Å². The van der Waals surface area contributed by atoms with E-state index < -0.39 is 11.6 Å². The van der Waals surface area contributed by atoms with Crippen molar-refractivity contribution in [3.63, 3.8) is 0 Å². The number of alkyl halides is 1. The molecule has 0 unspecified atom stereocenters. The molecule has 0 atom stereocenters. The molecule has 1 aromatic carbocycles. The summed E-state index contributed by atoms with van der Waals surface area (Å²) in [6.45, 7) is 0.725. The number of nitrogens with one attached hydrogen (secondary N) is 1. The molecule has 0 aliphatic heterocycles. The second-order valence-electron chi connectivity index (χ2n) is 3.26. The summed E-state index contributed by atoms with van der Waals surface area (Å²) < 4.78 is 30.5. The van der Waals surface area contributed by atoms with Gasteiger partial charge in [0.05, 0.1) is 6.61 Å². The molecule has 0 fully saturated rings. The van der Waals surface area contributed by atoms with Gasteiger partial charge in [0.25, 0.3) is 0 Å². The Morgan fingerprint density at radius 3 is 2.76 bits per heavy atom. The minimum Gasteiger partial charge on any atom is -0.493 e. The fraction of sp³-hybridized carbons (Fsp3) is 0.364. The van der Waals surface area contributed by atoms with E-state index >= 15 is 0 Å². The van der Waals surface area contributed by atoms with Crippen LogP contribution in [0, 0.1) is 11.6 Å². The Labute approximate surface area is 103 Å². The van der Waals surface area contributed by atoms with Crippen LogP contribution in [0.2, 0.25) is 0 Å². The maximum absolute atomic E-state index is 12.8. The van der Waals surface area contributed by atoms with Crippen LogP contribution in [-0.4, -0.2) is 24.9 Å². The second-order valence-corrected chi connectivity index (χ2v) is 3.53. The zero-order valence-corrected chi connectivity index (χ0v) is 9.77. The molecule has 0 aliphatic carbocycles. The highest BCUT2D eigenvalue weighted by Crippen LogP contribution is 2.15. The largest absolute Gasteiger partial charge is 0.493 e. The maximum atomic E-state index is 12.8. The molecule has 0 aliphatic rings. The van der Waals surface area contributed by atoms with Crippen LogP contribution in [0.25, 0.3) is 0 Å². The lowest BCUT2D eigenvalue weighted by Crippen LogP contribution is -2.26. The SMILES string of the molecule is O=C(CCl)NCCCOc1ccc(F)c(F)c1. The van der Waals surface area contributed by atoms with Crippen molar-refractivity contribution in [1.29, 1.82) is 0 Å². The number of halogens is 3. The molecular weight excluding hydrogens is 252 g/mol. The van der Waals surface area contributed by atoms with Crippen molar-refractivity contribution in [2.75, 3.05) is 19.0 Å². The Kier molecular flexibility index (Phi) is 5.69. The molecule has 0 spiro atoms. The topological polar surface area (TPSA) is 38.3 Å². The zero-order chi connectivity index (χ0) is 12.7. The van der Waals surface area contributed by atoms with Gasteiger partial charge < -0.3 is 10.1 Å². The van der Waals surface area contributed by atoms with Gasteiger partial charge in [0, 0.05) is 12.6 Å². The molecule has 0 saturated heterocycles. The third-order valence-electron chi connectivity index (χ3n) is 1.92. The number of benzene rings is 1. The number of rotatable bonds is 6. The van der Waals surface area contributed by atoms with Gasteiger partial charge in [0.1, 0.15) is 11.6 Å². The summed E-state index contributed by atoms with van der Waals surface area (Å²) in [6.07, 6.45) is 0.557. The van der Waals surface area contributed by atoms with E-state index in [2.05, 4.69) is 5.32 Å². The molecule has 0 bridgehead atoms. The molecule has 0 heterocycles. The number of amides is 1. The summed E-state index contributed by atoms with van der Waals surface area (Å²) in [6, 6.07) is 3.32. The molecule has 17 heavy (non-hydrogen) atoms. The van der Waals surface area contributed by atoms with E-state index in [1.807, 2.05) is 0 Å². The standard InChI is InChI=1S/C11H12ClF2NO2/c12-7-11(16)15-4-1-5-17-8-2-3-9(13)10(14)6-8/h2-3,6H,1,4-5,7H2,(H,15,16). The minimum absolute atomic E-state index is 0.0793. The molecule has 1 aromatic rings. The van der Waals surface area contributed by atoms with E-state index in [0.717, 1.165) is 12.1 Å². The van der Waals surface area contributed by atoms with E-state index in [1.165, 1.54) is 6.07 Å². The number of ether oxygens (including phenoxy) is 1. The van der Waals surface area contributed by atoms with Crippen LogP contribution in [0.4, 0.5) is 8.78 Å². The first-order valence-electron chi connectivity index (χ1n) is 5.04. The molecular formula is C11H12ClF2NO2. The van der Waals surface area contributed by atoms with Crippen LogP contribution < -0.4 is 10.1 Å². The first-order chi connectivity index (χ1) is 8.13. The van der Waals surface area contributed by atoms with Crippen LogP contribution >= 0.6 is 11.6 Å². The average Bonchev–Trinajstić information content (AvgIpc) is 2.33. The summed E-state index contributed by atoms with van der Waals surface area (Å²) >= 11 is 5.27. The van der Waals surface area contributed by atoms with Crippen LogP contribution in [0.15, 0.2) is 18.2 Å². The summed E-state index contributed by atoms with van der Waals surface area (Å²) in [4.78, 5) is 10.8. The third-order valence-corrected chi connectivity index (χ3v) is 2.17. The van der Waals surface area contributed by atoms with Gasteiger partial charge in [0.2, 0.25) is 5.91 Å². The Hall–Kier alpha value is -1.36. The van der Waals surface area contributed by atoms with Gasteiger partial charge in [0.15, 0.2) is 11.6 Å². The van der Waals surface area contributed by atoms with Gasteiger partial charge in [-0.25, -0.2) is 8.78 Å². The predicted octanol–water partition coefficient (Wildman–Crippen LogP) is 2.09. The molecule has 1 N–H and O–H groups in total. The van der Waals surface area contributed by atoms with Crippen molar-refractivity contribution in [2.45, 2.75) is 6.42 Å². The molecule has 94 valence electrons. The van der Waals surface area contributed by atoms with Crippen molar-refractivity contribution in [1.82, 2.24) is 5.32 Å². The molecule has 6 heteroatoms. The zero-order valence-electron chi connectivity index (χ0n) is 9.01. The fourth-order valence-electron chi connectivity index (χ4n) is 1.10. The van der Waals surface area contributed by atoms with Crippen molar-refractivity contribution in [3.8, 4) is 5.75 Å². The molecule has 0 radical (unpaired) electrons. The quantitative estimate of drug-likeness (QED) is 0.630. The lowest BCUT2D eigenvalue weighted by atomic mass is 10.3. The third kappa shape index (κ3) is 4.99. The van der Waals surface area contributed by atoms with Crippen LogP contribution in [0.3, 0.4) is 0 Å². The first kappa shape index (κ1) is 13.7. The number of carbonyl (C=O) groups is 1. The van der Waals surface area contributed by atoms with Gasteiger partial charge in [-0.3, -0.25) is 4.79 Å². The number of hydrogen-bond donors (Lipinski definition) is 1. The summed E-state index contributed by atoms with van der Waals surface area (Å²) in [5.74, 6) is -1.93. The van der Waals surface area contributed by atoms with Gasteiger partial charge in [-0.05, 0) is 18.6 Å². The Bertz CT molecular complexity index is 388. The van der Waals surface area contributed by atoms with Crippen molar-refractivity contribution >= 4 is 17.5 Å². The Morgan fingerprint density at radius 1 is 1.35 bits per heavy atom. The second kappa shape index (κ2) is 7.06. The normalized spacial score (nSPS) is 10.1. The number of carbonyl (C=O) groups excluding carboxylic acids is 1. The van der Waals surface area contributed by atoms with Gasteiger partial charge in [-0.2, -0.15) is 0 Å². The van der Waals surface area contributed by atoms with Crippen LogP contribution in [0.5, 0.6) is 5.75 Å². The average molecular weight is 264 g/mol. The van der Waals surface area contributed by atoms with E-state index in [1.54, 1.807) is 0 Å². The van der Waals surface area contributed by atoms with Crippen LogP contribution in [-0.2, 0) is 4.79 Å². The van der Waals surface area contributed by atoms with Gasteiger partial charge in [-0.15, -0.1) is 11.6 Å². The summed E-state index contributed by atoms with van der Waals surface area (Å²) in [5, 5.41) is 2.55. The summed E-state index contributed by atoms with van der Waals surface area (Å²) in [7, 11) is 0. The number of hydrogen-bond acceptors (Lipinski definition) is 2. The molecule has 1 rings (SSSR count). The van der Waals surface area contributed by atoms with E-state index in [4.69, 9.17) is 16.3 Å². The molecule has 0 aromatic heterocycles. The molecule has 3 nitrogen and oxygen atoms in total. The maximum Gasteiger partial charge on any atom is 0.234 e. The highest BCUT2D eigenvalue weighted by atomic mass is 35.5. The Balaban J connectivity index is 2.22. The lowest BCUT2D eigenvalue weighted by molar-refractivity contribution is -0.118. The summed E-state index contributed by atoms with van der Waals surface area (Å²) in [5.41, 5.74) is 0. The predicted molar refractivity (Wildman–Crippen MR) is 60.2 cm³/mol. The fourth-order valence-corrected chi connectivity index (χ4v) is 1.20. The van der Waals surface area contributed by atoms with Gasteiger partial charge in [-0.1, -0.05) is 0 Å². The van der Waals surface area contributed by atoms with Crippen molar-refractivity contribution < 1.29 is 18.3 Å². The van der Waals surface area contributed by atoms with E-state index in [-0.39, 0.29) is 17.5 Å². The lowest BCUT2D eigenvalue weighted by Gasteiger charge is -2.06. The van der Waals surface area contributed by atoms with E-state index in [9.17, 15) is 13.6 Å². The van der Waals surface area contributed by atoms with Crippen molar-refractivity contribution in [2.24, 2.45) is 0 Å². The first-order valence-corrected chi connectivity index (χ1v) is 5.57. The smallest absolute Gasteiger partial charge is 0.234 e. The highest BCUT2D eigenvalue weighted by molar-refractivity contribution is 6.27. The minimum atomic E-state index is -0.946. The van der Waals surface area contributed by atoms with Crippen LogP contribution in [0.1, 0.15) is 6.42 Å².